The molecule has 1 amide bonds. The van der Waals surface area contributed by atoms with Crippen molar-refractivity contribution < 1.29 is 13.9 Å². The standard InChI is InChI=1S/C21H19ClFNO2/c22-18-2-1-3-19(23)17(18)13-24(16-6-7-16)21(25)9-5-14-4-8-20-15(12-14)10-11-26-20/h1-5,8-9,12,16H,6-7,10-11,13H2/b9-5+. The SMILES string of the molecule is O=C(/C=C/c1ccc2c(c1)CCO2)N(Cc1c(F)cccc1Cl)C1CC1. The molecule has 0 radical (unpaired) electrons. The van der Waals surface area contributed by atoms with Crippen LogP contribution in [0, 0.1) is 5.82 Å². The second kappa shape index (κ2) is 7.12. The zero-order valence-corrected chi connectivity index (χ0v) is 15.0. The van der Waals surface area contributed by atoms with Crippen LogP contribution >= 0.6 is 11.6 Å². The molecular weight excluding hydrogens is 353 g/mol. The van der Waals surface area contributed by atoms with Gasteiger partial charge in [-0.25, -0.2) is 4.39 Å². The molecule has 2 aromatic rings. The summed E-state index contributed by atoms with van der Waals surface area (Å²) in [4.78, 5) is 14.4. The minimum atomic E-state index is -0.376. The molecule has 2 aliphatic rings. The van der Waals surface area contributed by atoms with Gasteiger partial charge in [-0.15, -0.1) is 0 Å². The van der Waals surface area contributed by atoms with E-state index in [9.17, 15) is 9.18 Å². The topological polar surface area (TPSA) is 29.5 Å². The lowest BCUT2D eigenvalue weighted by molar-refractivity contribution is -0.127. The Kier molecular flexibility index (Phi) is 4.68. The van der Waals surface area contributed by atoms with Crippen LogP contribution in [0.5, 0.6) is 5.75 Å². The quantitative estimate of drug-likeness (QED) is 0.718. The highest BCUT2D eigenvalue weighted by Gasteiger charge is 2.32. The summed E-state index contributed by atoms with van der Waals surface area (Å²) in [5.41, 5.74) is 2.50. The lowest BCUT2D eigenvalue weighted by atomic mass is 10.1. The third kappa shape index (κ3) is 3.61. The second-order valence-corrected chi connectivity index (χ2v) is 7.10. The largest absolute Gasteiger partial charge is 0.493 e. The number of amides is 1. The molecule has 0 aromatic heterocycles. The molecule has 0 bridgehead atoms. The highest BCUT2D eigenvalue weighted by atomic mass is 35.5. The highest BCUT2D eigenvalue weighted by molar-refractivity contribution is 6.31. The molecule has 134 valence electrons. The summed E-state index contributed by atoms with van der Waals surface area (Å²) in [6.07, 6.45) is 6.15. The Hall–Kier alpha value is -2.33. The summed E-state index contributed by atoms with van der Waals surface area (Å²) in [6.45, 7) is 0.900. The van der Waals surface area contributed by atoms with Crippen molar-refractivity contribution in [2.45, 2.75) is 31.8 Å². The van der Waals surface area contributed by atoms with Crippen molar-refractivity contribution in [3.63, 3.8) is 0 Å². The van der Waals surface area contributed by atoms with Gasteiger partial charge in [-0.1, -0.05) is 23.7 Å². The number of ether oxygens (including phenoxy) is 1. The van der Waals surface area contributed by atoms with Gasteiger partial charge < -0.3 is 9.64 Å². The average molecular weight is 372 g/mol. The summed E-state index contributed by atoms with van der Waals surface area (Å²) in [6, 6.07) is 10.7. The Balaban J connectivity index is 1.51. The maximum absolute atomic E-state index is 14.1. The fourth-order valence-electron chi connectivity index (χ4n) is 3.20. The number of hydrogen-bond donors (Lipinski definition) is 0. The number of rotatable bonds is 5. The zero-order chi connectivity index (χ0) is 18.1. The van der Waals surface area contributed by atoms with E-state index in [0.29, 0.717) is 17.2 Å². The van der Waals surface area contributed by atoms with E-state index >= 15 is 0 Å². The molecule has 26 heavy (non-hydrogen) atoms. The number of halogens is 2. The van der Waals surface area contributed by atoms with E-state index < -0.39 is 0 Å². The van der Waals surface area contributed by atoms with Crippen molar-refractivity contribution in [3.05, 3.63) is 70.0 Å². The first kappa shape index (κ1) is 17.1. The molecule has 1 heterocycles. The van der Waals surface area contributed by atoms with Crippen molar-refractivity contribution in [3.8, 4) is 5.75 Å². The number of fused-ring (bicyclic) bond motifs is 1. The summed E-state index contributed by atoms with van der Waals surface area (Å²) in [7, 11) is 0. The molecule has 0 spiro atoms. The van der Waals surface area contributed by atoms with Crippen LogP contribution in [0.4, 0.5) is 4.39 Å². The Morgan fingerprint density at radius 3 is 2.92 bits per heavy atom. The fraction of sp³-hybridized carbons (Fsp3) is 0.286. The number of benzene rings is 2. The summed E-state index contributed by atoms with van der Waals surface area (Å²) in [5.74, 6) is 0.421. The molecule has 0 unspecified atom stereocenters. The van der Waals surface area contributed by atoms with Gasteiger partial charge in [0.2, 0.25) is 5.91 Å². The zero-order valence-electron chi connectivity index (χ0n) is 14.3. The Labute approximate surface area is 157 Å². The first-order chi connectivity index (χ1) is 12.6. The van der Waals surface area contributed by atoms with Crippen molar-refractivity contribution >= 4 is 23.6 Å². The van der Waals surface area contributed by atoms with E-state index in [-0.39, 0.29) is 24.3 Å². The minimum Gasteiger partial charge on any atom is -0.493 e. The van der Waals surface area contributed by atoms with Crippen LogP contribution < -0.4 is 4.74 Å². The third-order valence-corrected chi connectivity index (χ3v) is 5.15. The van der Waals surface area contributed by atoms with Gasteiger partial charge in [-0.3, -0.25) is 4.79 Å². The summed E-state index contributed by atoms with van der Waals surface area (Å²) < 4.78 is 19.6. The van der Waals surface area contributed by atoms with Gasteiger partial charge in [0.25, 0.3) is 0 Å². The van der Waals surface area contributed by atoms with Crippen LogP contribution in [0.15, 0.2) is 42.5 Å². The number of carbonyl (C=O) groups excluding carboxylic acids is 1. The minimum absolute atomic E-state index is 0.122. The van der Waals surface area contributed by atoms with Crippen molar-refractivity contribution in [2.75, 3.05) is 6.61 Å². The van der Waals surface area contributed by atoms with Crippen molar-refractivity contribution in [1.82, 2.24) is 4.90 Å². The van der Waals surface area contributed by atoms with E-state index in [1.807, 2.05) is 18.2 Å². The second-order valence-electron chi connectivity index (χ2n) is 6.70. The van der Waals surface area contributed by atoms with Gasteiger partial charge in [0, 0.05) is 29.1 Å². The Bertz CT molecular complexity index is 856. The molecule has 0 saturated heterocycles. The summed E-state index contributed by atoms with van der Waals surface area (Å²) in [5, 5.41) is 0.353. The highest BCUT2D eigenvalue weighted by Crippen LogP contribution is 2.31. The average Bonchev–Trinajstić information content (AvgIpc) is 3.36. The maximum Gasteiger partial charge on any atom is 0.247 e. The first-order valence-electron chi connectivity index (χ1n) is 8.79. The van der Waals surface area contributed by atoms with Gasteiger partial charge >= 0.3 is 0 Å². The molecule has 1 saturated carbocycles. The van der Waals surface area contributed by atoms with Crippen LogP contribution in [0.2, 0.25) is 5.02 Å². The molecule has 1 aliphatic carbocycles. The van der Waals surface area contributed by atoms with Crippen LogP contribution in [-0.4, -0.2) is 23.5 Å². The number of carbonyl (C=O) groups is 1. The predicted molar refractivity (Wildman–Crippen MR) is 99.7 cm³/mol. The normalized spacial score (nSPS) is 15.8. The molecule has 2 aromatic carbocycles. The summed E-state index contributed by atoms with van der Waals surface area (Å²) >= 11 is 6.12. The van der Waals surface area contributed by atoms with Gasteiger partial charge in [0.05, 0.1) is 13.2 Å². The number of nitrogens with zero attached hydrogens (tertiary/aromatic N) is 1. The molecule has 0 atom stereocenters. The van der Waals surface area contributed by atoms with Crippen LogP contribution in [-0.2, 0) is 17.8 Å². The smallest absolute Gasteiger partial charge is 0.247 e. The van der Waals surface area contributed by atoms with E-state index in [1.165, 1.54) is 6.07 Å². The molecule has 4 rings (SSSR count). The first-order valence-corrected chi connectivity index (χ1v) is 9.17. The Morgan fingerprint density at radius 2 is 2.15 bits per heavy atom. The fourth-order valence-corrected chi connectivity index (χ4v) is 3.42. The molecule has 3 nitrogen and oxygen atoms in total. The maximum atomic E-state index is 14.1. The van der Waals surface area contributed by atoms with Crippen molar-refractivity contribution in [1.29, 1.82) is 0 Å². The van der Waals surface area contributed by atoms with E-state index in [1.54, 1.807) is 29.2 Å². The van der Waals surface area contributed by atoms with Crippen LogP contribution in [0.1, 0.15) is 29.5 Å². The third-order valence-electron chi connectivity index (χ3n) is 4.79. The van der Waals surface area contributed by atoms with Gasteiger partial charge in [-0.2, -0.15) is 0 Å². The van der Waals surface area contributed by atoms with Crippen LogP contribution in [0.25, 0.3) is 6.08 Å². The molecule has 5 heteroatoms. The van der Waals surface area contributed by atoms with Crippen LogP contribution in [0.3, 0.4) is 0 Å². The van der Waals surface area contributed by atoms with Gasteiger partial charge in [0.15, 0.2) is 0 Å². The van der Waals surface area contributed by atoms with E-state index in [0.717, 1.165) is 36.1 Å². The molecular formula is C21H19ClFNO2. The number of hydrogen-bond acceptors (Lipinski definition) is 2. The molecule has 0 N–H and O–H groups in total. The van der Waals surface area contributed by atoms with E-state index in [2.05, 4.69) is 0 Å². The lowest BCUT2D eigenvalue weighted by Gasteiger charge is -2.22. The van der Waals surface area contributed by atoms with Crippen molar-refractivity contribution in [2.24, 2.45) is 0 Å². The van der Waals surface area contributed by atoms with E-state index in [4.69, 9.17) is 16.3 Å². The lowest BCUT2D eigenvalue weighted by Crippen LogP contribution is -2.31. The van der Waals surface area contributed by atoms with Gasteiger partial charge in [0.1, 0.15) is 11.6 Å². The monoisotopic (exact) mass is 371 g/mol. The predicted octanol–water partition coefficient (Wildman–Crippen LogP) is 4.62. The molecule has 1 fully saturated rings. The van der Waals surface area contributed by atoms with Gasteiger partial charge in [-0.05, 0) is 54.3 Å². The molecule has 1 aliphatic heterocycles. The Morgan fingerprint density at radius 1 is 1.31 bits per heavy atom.